The maximum absolute atomic E-state index is 12.2. The predicted octanol–water partition coefficient (Wildman–Crippen LogP) is 2.20. The Balaban J connectivity index is 1.74. The van der Waals surface area contributed by atoms with Gasteiger partial charge in [0, 0.05) is 35.5 Å². The molecular weight excluding hydrogens is 296 g/mol. The van der Waals surface area contributed by atoms with Crippen LogP contribution in [0.25, 0.3) is 0 Å². The van der Waals surface area contributed by atoms with E-state index in [2.05, 4.69) is 15.6 Å². The molecule has 0 aliphatic carbocycles. The molecule has 0 saturated carbocycles. The molecule has 2 aromatic carbocycles. The SMILES string of the molecule is O=C(Nc1cccc(C2=NCCN2)c1)c1ccc([N+](=O)[O-])cc1. The number of nitro groups is 1. The molecule has 1 aliphatic heterocycles. The summed E-state index contributed by atoms with van der Waals surface area (Å²) in [5, 5.41) is 16.6. The number of nitrogens with one attached hydrogen (secondary N) is 2. The first kappa shape index (κ1) is 14.7. The van der Waals surface area contributed by atoms with Gasteiger partial charge in [0.2, 0.25) is 0 Å². The van der Waals surface area contributed by atoms with Gasteiger partial charge in [-0.05, 0) is 24.3 Å². The van der Waals surface area contributed by atoms with Crippen LogP contribution in [0.5, 0.6) is 0 Å². The molecule has 0 saturated heterocycles. The van der Waals surface area contributed by atoms with Gasteiger partial charge in [-0.1, -0.05) is 12.1 Å². The van der Waals surface area contributed by atoms with E-state index in [1.165, 1.54) is 24.3 Å². The lowest BCUT2D eigenvalue weighted by Gasteiger charge is -2.08. The van der Waals surface area contributed by atoms with Gasteiger partial charge >= 0.3 is 0 Å². The number of hydrogen-bond acceptors (Lipinski definition) is 5. The minimum Gasteiger partial charge on any atom is -0.368 e. The first-order valence-electron chi connectivity index (χ1n) is 7.08. The number of rotatable bonds is 4. The molecule has 0 unspecified atom stereocenters. The van der Waals surface area contributed by atoms with Crippen molar-refractivity contribution in [1.82, 2.24) is 5.32 Å². The van der Waals surface area contributed by atoms with E-state index < -0.39 is 4.92 Å². The average Bonchev–Trinajstić information content (AvgIpc) is 3.10. The second kappa shape index (κ2) is 6.27. The van der Waals surface area contributed by atoms with E-state index in [9.17, 15) is 14.9 Å². The van der Waals surface area contributed by atoms with E-state index in [-0.39, 0.29) is 11.6 Å². The molecule has 116 valence electrons. The standard InChI is InChI=1S/C16H14N4O3/c21-16(11-4-6-14(7-5-11)20(22)23)19-13-3-1-2-12(10-13)15-17-8-9-18-15/h1-7,10H,8-9H2,(H,17,18)(H,19,21). The van der Waals surface area contributed by atoms with Gasteiger partial charge in [-0.15, -0.1) is 0 Å². The molecule has 7 heteroatoms. The zero-order valence-electron chi connectivity index (χ0n) is 12.2. The number of hydrogen-bond donors (Lipinski definition) is 2. The first-order valence-corrected chi connectivity index (χ1v) is 7.08. The normalized spacial score (nSPS) is 13.1. The summed E-state index contributed by atoms with van der Waals surface area (Å²) in [4.78, 5) is 26.7. The number of nitro benzene ring substituents is 1. The van der Waals surface area contributed by atoms with Crippen molar-refractivity contribution in [2.45, 2.75) is 0 Å². The van der Waals surface area contributed by atoms with Gasteiger partial charge in [-0.25, -0.2) is 0 Å². The summed E-state index contributed by atoms with van der Waals surface area (Å²) in [6.45, 7) is 1.56. The third-order valence-electron chi connectivity index (χ3n) is 3.41. The van der Waals surface area contributed by atoms with Gasteiger partial charge in [0.1, 0.15) is 5.84 Å². The van der Waals surface area contributed by atoms with E-state index in [1.807, 2.05) is 18.2 Å². The van der Waals surface area contributed by atoms with Crippen molar-refractivity contribution >= 4 is 23.1 Å². The lowest BCUT2D eigenvalue weighted by molar-refractivity contribution is -0.384. The average molecular weight is 310 g/mol. The Morgan fingerprint density at radius 3 is 2.65 bits per heavy atom. The first-order chi connectivity index (χ1) is 11.1. The molecule has 3 rings (SSSR count). The number of anilines is 1. The highest BCUT2D eigenvalue weighted by atomic mass is 16.6. The van der Waals surface area contributed by atoms with Crippen LogP contribution in [0.1, 0.15) is 15.9 Å². The Morgan fingerprint density at radius 1 is 1.22 bits per heavy atom. The molecule has 1 aliphatic rings. The topological polar surface area (TPSA) is 96.6 Å². The maximum atomic E-state index is 12.2. The Hall–Kier alpha value is -3.22. The molecule has 23 heavy (non-hydrogen) atoms. The van der Waals surface area contributed by atoms with Gasteiger partial charge in [0.25, 0.3) is 11.6 Å². The second-order valence-electron chi connectivity index (χ2n) is 5.00. The maximum Gasteiger partial charge on any atom is 0.269 e. The molecule has 0 fully saturated rings. The van der Waals surface area contributed by atoms with Gasteiger partial charge in [-0.2, -0.15) is 0 Å². The molecule has 2 aromatic rings. The monoisotopic (exact) mass is 310 g/mol. The fourth-order valence-corrected chi connectivity index (χ4v) is 2.27. The number of benzene rings is 2. The molecule has 0 aromatic heterocycles. The summed E-state index contributed by atoms with van der Waals surface area (Å²) in [5.74, 6) is 0.495. The van der Waals surface area contributed by atoms with Crippen LogP contribution in [0.3, 0.4) is 0 Å². The lowest BCUT2D eigenvalue weighted by atomic mass is 10.1. The van der Waals surface area contributed by atoms with E-state index in [1.54, 1.807) is 6.07 Å². The van der Waals surface area contributed by atoms with Crippen LogP contribution in [0.2, 0.25) is 0 Å². The Bertz CT molecular complexity index is 784. The van der Waals surface area contributed by atoms with Gasteiger partial charge in [0.05, 0.1) is 11.5 Å². The van der Waals surface area contributed by atoms with Crippen LogP contribution in [0, 0.1) is 10.1 Å². The molecule has 1 heterocycles. The van der Waals surface area contributed by atoms with E-state index in [4.69, 9.17) is 0 Å². The van der Waals surface area contributed by atoms with Crippen molar-refractivity contribution < 1.29 is 9.72 Å². The van der Waals surface area contributed by atoms with Crippen LogP contribution >= 0.6 is 0 Å². The molecule has 2 N–H and O–H groups in total. The largest absolute Gasteiger partial charge is 0.368 e. The van der Waals surface area contributed by atoms with Crippen molar-refractivity contribution in [3.63, 3.8) is 0 Å². The lowest BCUT2D eigenvalue weighted by Crippen LogP contribution is -2.19. The summed E-state index contributed by atoms with van der Waals surface area (Å²) >= 11 is 0. The molecule has 0 bridgehead atoms. The third-order valence-corrected chi connectivity index (χ3v) is 3.41. The van der Waals surface area contributed by atoms with Crippen molar-refractivity contribution in [2.24, 2.45) is 4.99 Å². The van der Waals surface area contributed by atoms with E-state index >= 15 is 0 Å². The molecule has 7 nitrogen and oxygen atoms in total. The van der Waals surface area contributed by atoms with Gasteiger partial charge in [-0.3, -0.25) is 19.9 Å². The van der Waals surface area contributed by atoms with Crippen molar-refractivity contribution in [1.29, 1.82) is 0 Å². The molecular formula is C16H14N4O3. The number of carbonyl (C=O) groups is 1. The van der Waals surface area contributed by atoms with Gasteiger partial charge < -0.3 is 10.6 Å². The molecule has 0 spiro atoms. The minimum atomic E-state index is -0.500. The fourth-order valence-electron chi connectivity index (χ4n) is 2.27. The second-order valence-corrected chi connectivity index (χ2v) is 5.00. The Labute approximate surface area is 132 Å². The summed E-state index contributed by atoms with van der Waals surface area (Å²) in [7, 11) is 0. The number of non-ortho nitro benzene ring substituents is 1. The molecule has 0 atom stereocenters. The fraction of sp³-hybridized carbons (Fsp3) is 0.125. The number of aliphatic imine (C=N–C) groups is 1. The number of carbonyl (C=O) groups excluding carboxylic acids is 1. The number of amidine groups is 1. The zero-order chi connectivity index (χ0) is 16.2. The highest BCUT2D eigenvalue weighted by Crippen LogP contribution is 2.16. The van der Waals surface area contributed by atoms with E-state index in [0.29, 0.717) is 11.3 Å². The van der Waals surface area contributed by atoms with Gasteiger partial charge in [0.15, 0.2) is 0 Å². The van der Waals surface area contributed by atoms with Crippen LogP contribution in [-0.2, 0) is 0 Å². The summed E-state index contributed by atoms with van der Waals surface area (Å²) in [6, 6.07) is 12.8. The third kappa shape index (κ3) is 3.34. The highest BCUT2D eigenvalue weighted by Gasteiger charge is 2.12. The predicted molar refractivity (Wildman–Crippen MR) is 86.9 cm³/mol. The smallest absolute Gasteiger partial charge is 0.269 e. The van der Waals surface area contributed by atoms with Crippen LogP contribution < -0.4 is 10.6 Å². The van der Waals surface area contributed by atoms with Crippen LogP contribution in [0.4, 0.5) is 11.4 Å². The number of amides is 1. The highest BCUT2D eigenvalue weighted by molar-refractivity contribution is 6.06. The van der Waals surface area contributed by atoms with Crippen molar-refractivity contribution in [3.05, 3.63) is 69.8 Å². The Kier molecular flexibility index (Phi) is 4.01. The number of nitrogens with zero attached hydrogens (tertiary/aromatic N) is 2. The Morgan fingerprint density at radius 2 is 2.00 bits per heavy atom. The van der Waals surface area contributed by atoms with Crippen LogP contribution in [-0.4, -0.2) is 29.8 Å². The molecule has 0 radical (unpaired) electrons. The van der Waals surface area contributed by atoms with E-state index in [0.717, 1.165) is 24.5 Å². The quantitative estimate of drug-likeness (QED) is 0.668. The summed E-state index contributed by atoms with van der Waals surface area (Å²) in [5.41, 5.74) is 1.86. The van der Waals surface area contributed by atoms with Crippen molar-refractivity contribution in [3.8, 4) is 0 Å². The minimum absolute atomic E-state index is 0.0473. The summed E-state index contributed by atoms with van der Waals surface area (Å²) < 4.78 is 0. The zero-order valence-corrected chi connectivity index (χ0v) is 12.2. The van der Waals surface area contributed by atoms with Crippen LogP contribution in [0.15, 0.2) is 53.5 Å². The summed E-state index contributed by atoms with van der Waals surface area (Å²) in [6.07, 6.45) is 0. The van der Waals surface area contributed by atoms with Crippen molar-refractivity contribution in [2.75, 3.05) is 18.4 Å². The molecule has 1 amide bonds.